The Morgan fingerprint density at radius 2 is 2.17 bits per heavy atom. The van der Waals surface area contributed by atoms with Crippen LogP contribution in [0.3, 0.4) is 0 Å². The van der Waals surface area contributed by atoms with E-state index in [0.29, 0.717) is 15.8 Å². The van der Waals surface area contributed by atoms with Crippen LogP contribution < -0.4 is 4.74 Å². The van der Waals surface area contributed by atoms with Crippen molar-refractivity contribution in [2.24, 2.45) is 0 Å². The third-order valence-corrected chi connectivity index (χ3v) is 3.13. The van der Waals surface area contributed by atoms with Crippen LogP contribution in [0.2, 0.25) is 5.02 Å². The van der Waals surface area contributed by atoms with Gasteiger partial charge in [-0.15, -0.1) is 0 Å². The molecule has 0 unspecified atom stereocenters. The number of pyridine rings is 1. The molecule has 0 spiro atoms. The first-order valence-electron chi connectivity index (χ1n) is 4.98. The number of nitrogens with zero attached hydrogens (tertiary/aromatic N) is 1. The fraction of sp³-hybridized carbons (Fsp3) is 0.0833. The first kappa shape index (κ1) is 13.3. The highest BCUT2D eigenvalue weighted by Crippen LogP contribution is 2.34. The van der Waals surface area contributed by atoms with Gasteiger partial charge in [0.25, 0.3) is 0 Å². The summed E-state index contributed by atoms with van der Waals surface area (Å²) < 4.78 is 19.4. The number of ether oxygens (including phenoxy) is 1. The molecule has 0 aliphatic heterocycles. The zero-order chi connectivity index (χ0) is 13.1. The summed E-state index contributed by atoms with van der Waals surface area (Å²) in [5.74, 6) is 0.113. The average Bonchev–Trinajstić information content (AvgIpc) is 2.36. The van der Waals surface area contributed by atoms with Gasteiger partial charge in [-0.25, -0.2) is 4.39 Å². The van der Waals surface area contributed by atoms with Crippen molar-refractivity contribution in [2.75, 3.05) is 0 Å². The number of aliphatic hydroxyl groups is 1. The SMILES string of the molecule is OCc1cnccc1Oc1cc(F)c(Cl)cc1Br. The summed E-state index contributed by atoms with van der Waals surface area (Å²) in [7, 11) is 0. The van der Waals surface area contributed by atoms with Crippen molar-refractivity contribution in [1.29, 1.82) is 0 Å². The Balaban J connectivity index is 2.37. The number of rotatable bonds is 3. The Hall–Kier alpha value is -1.17. The third kappa shape index (κ3) is 2.80. The normalized spacial score (nSPS) is 10.4. The molecule has 18 heavy (non-hydrogen) atoms. The number of hydrogen-bond donors (Lipinski definition) is 1. The smallest absolute Gasteiger partial charge is 0.145 e. The zero-order valence-corrected chi connectivity index (χ0v) is 11.4. The van der Waals surface area contributed by atoms with Gasteiger partial charge in [0.2, 0.25) is 0 Å². The van der Waals surface area contributed by atoms with Crippen LogP contribution in [-0.4, -0.2) is 10.1 Å². The van der Waals surface area contributed by atoms with Gasteiger partial charge in [0, 0.05) is 24.0 Å². The van der Waals surface area contributed by atoms with E-state index in [9.17, 15) is 4.39 Å². The molecule has 0 amide bonds. The summed E-state index contributed by atoms with van der Waals surface area (Å²) in [5.41, 5.74) is 0.514. The molecule has 0 aliphatic rings. The second-order valence-electron chi connectivity index (χ2n) is 3.44. The molecule has 94 valence electrons. The fourth-order valence-electron chi connectivity index (χ4n) is 1.33. The topological polar surface area (TPSA) is 42.4 Å². The van der Waals surface area contributed by atoms with Gasteiger partial charge in [0.1, 0.15) is 17.3 Å². The van der Waals surface area contributed by atoms with Crippen molar-refractivity contribution in [3.8, 4) is 11.5 Å². The van der Waals surface area contributed by atoms with Crippen LogP contribution in [0.5, 0.6) is 11.5 Å². The second kappa shape index (κ2) is 5.65. The highest BCUT2D eigenvalue weighted by Gasteiger charge is 2.10. The van der Waals surface area contributed by atoms with E-state index in [1.54, 1.807) is 6.07 Å². The highest BCUT2D eigenvalue weighted by atomic mass is 79.9. The summed E-state index contributed by atoms with van der Waals surface area (Å²) in [6.07, 6.45) is 3.00. The first-order chi connectivity index (χ1) is 8.61. The van der Waals surface area contributed by atoms with Crippen LogP contribution in [-0.2, 0) is 6.61 Å². The number of benzene rings is 1. The predicted octanol–water partition coefficient (Wildman–Crippen LogP) is 3.92. The Bertz CT molecular complexity index is 580. The van der Waals surface area contributed by atoms with Gasteiger partial charge in [-0.1, -0.05) is 11.6 Å². The standard InChI is InChI=1S/C12H8BrClFNO2/c13-8-3-9(14)10(15)4-12(8)18-11-1-2-16-5-7(11)6-17/h1-5,17H,6H2. The van der Waals surface area contributed by atoms with E-state index in [0.717, 1.165) is 0 Å². The minimum absolute atomic E-state index is 0.00587. The summed E-state index contributed by atoms with van der Waals surface area (Å²) in [5, 5.41) is 9.14. The van der Waals surface area contributed by atoms with Gasteiger partial charge in [-0.2, -0.15) is 0 Å². The van der Waals surface area contributed by atoms with E-state index in [4.69, 9.17) is 21.4 Å². The van der Waals surface area contributed by atoms with Gasteiger partial charge in [-0.3, -0.25) is 4.98 Å². The number of aromatic nitrogens is 1. The summed E-state index contributed by atoms with van der Waals surface area (Å²) in [4.78, 5) is 3.86. The van der Waals surface area contributed by atoms with Crippen LogP contribution in [0.4, 0.5) is 4.39 Å². The lowest BCUT2D eigenvalue weighted by atomic mass is 10.2. The molecular formula is C12H8BrClFNO2. The zero-order valence-electron chi connectivity index (χ0n) is 9.03. The van der Waals surface area contributed by atoms with E-state index in [-0.39, 0.29) is 17.4 Å². The minimum Gasteiger partial charge on any atom is -0.456 e. The monoisotopic (exact) mass is 331 g/mol. The third-order valence-electron chi connectivity index (χ3n) is 2.22. The quantitative estimate of drug-likeness (QED) is 0.866. The van der Waals surface area contributed by atoms with Gasteiger partial charge in [-0.05, 0) is 28.1 Å². The van der Waals surface area contributed by atoms with E-state index in [1.807, 2.05) is 0 Å². The largest absolute Gasteiger partial charge is 0.456 e. The van der Waals surface area contributed by atoms with Crippen molar-refractivity contribution in [2.45, 2.75) is 6.61 Å². The Labute approximate surface area is 116 Å². The lowest BCUT2D eigenvalue weighted by molar-refractivity contribution is 0.276. The minimum atomic E-state index is -0.575. The van der Waals surface area contributed by atoms with Gasteiger partial charge in [0.15, 0.2) is 0 Å². The molecule has 1 heterocycles. The number of halogens is 3. The molecule has 0 radical (unpaired) electrons. The molecule has 3 nitrogen and oxygen atoms in total. The summed E-state index contributed by atoms with van der Waals surface area (Å²) in [6, 6.07) is 4.17. The van der Waals surface area contributed by atoms with Crippen LogP contribution in [0.1, 0.15) is 5.56 Å². The van der Waals surface area contributed by atoms with Crippen LogP contribution in [0.25, 0.3) is 0 Å². The molecular weight excluding hydrogens is 324 g/mol. The average molecular weight is 333 g/mol. The maximum Gasteiger partial charge on any atom is 0.145 e. The second-order valence-corrected chi connectivity index (χ2v) is 4.70. The fourth-order valence-corrected chi connectivity index (χ4v) is 2.05. The predicted molar refractivity (Wildman–Crippen MR) is 69.3 cm³/mol. The van der Waals surface area contributed by atoms with E-state index in [1.165, 1.54) is 24.5 Å². The maximum atomic E-state index is 13.3. The highest BCUT2D eigenvalue weighted by molar-refractivity contribution is 9.10. The van der Waals surface area contributed by atoms with Gasteiger partial charge >= 0.3 is 0 Å². The molecule has 6 heteroatoms. The Kier molecular flexibility index (Phi) is 4.16. The van der Waals surface area contributed by atoms with Gasteiger partial charge in [0.05, 0.1) is 16.1 Å². The molecule has 1 aromatic heterocycles. The summed E-state index contributed by atoms with van der Waals surface area (Å²) in [6.45, 7) is -0.211. The van der Waals surface area contributed by atoms with Gasteiger partial charge < -0.3 is 9.84 Å². The number of aliphatic hydroxyl groups excluding tert-OH is 1. The summed E-state index contributed by atoms with van der Waals surface area (Å²) >= 11 is 8.87. The van der Waals surface area contributed by atoms with E-state index in [2.05, 4.69) is 20.9 Å². The first-order valence-corrected chi connectivity index (χ1v) is 6.15. The van der Waals surface area contributed by atoms with Crippen LogP contribution in [0, 0.1) is 5.82 Å². The lowest BCUT2D eigenvalue weighted by Gasteiger charge is -2.11. The van der Waals surface area contributed by atoms with Crippen LogP contribution in [0.15, 0.2) is 35.1 Å². The molecule has 0 saturated heterocycles. The van der Waals surface area contributed by atoms with Crippen molar-refractivity contribution < 1.29 is 14.2 Å². The van der Waals surface area contributed by atoms with E-state index < -0.39 is 5.82 Å². The molecule has 1 N–H and O–H groups in total. The maximum absolute atomic E-state index is 13.3. The molecule has 0 bridgehead atoms. The van der Waals surface area contributed by atoms with Crippen molar-refractivity contribution in [3.63, 3.8) is 0 Å². The van der Waals surface area contributed by atoms with Crippen molar-refractivity contribution in [3.05, 3.63) is 51.5 Å². The van der Waals surface area contributed by atoms with Crippen molar-refractivity contribution >= 4 is 27.5 Å². The molecule has 0 atom stereocenters. The molecule has 0 saturated carbocycles. The van der Waals surface area contributed by atoms with Crippen LogP contribution >= 0.6 is 27.5 Å². The molecule has 2 rings (SSSR count). The Morgan fingerprint density at radius 3 is 2.89 bits per heavy atom. The molecule has 0 fully saturated rings. The Morgan fingerprint density at radius 1 is 1.39 bits per heavy atom. The molecule has 0 aliphatic carbocycles. The lowest BCUT2D eigenvalue weighted by Crippen LogP contribution is -1.94. The number of hydrogen-bond acceptors (Lipinski definition) is 3. The van der Waals surface area contributed by atoms with Crippen molar-refractivity contribution in [1.82, 2.24) is 4.98 Å². The van der Waals surface area contributed by atoms with E-state index >= 15 is 0 Å². The molecule has 2 aromatic rings. The molecule has 1 aromatic carbocycles.